The zero-order valence-corrected chi connectivity index (χ0v) is 7.11. The summed E-state index contributed by atoms with van der Waals surface area (Å²) in [6.45, 7) is 0. The number of aromatic nitrogens is 2. The molecule has 0 saturated heterocycles. The molecule has 64 valence electrons. The average molecular weight is 186 g/mol. The van der Waals surface area contributed by atoms with Gasteiger partial charge in [0.1, 0.15) is 0 Å². The maximum absolute atomic E-state index is 5.36. The molecule has 0 aromatic carbocycles. The predicted octanol–water partition coefficient (Wildman–Crippen LogP) is 1.44. The minimum Gasteiger partial charge on any atom is -0.339 e. The number of allylic oxidation sites excluding steroid dienone is 1. The molecule has 0 saturated carbocycles. The van der Waals surface area contributed by atoms with Crippen LogP contribution in [0.15, 0.2) is 28.1 Å². The molecular weight excluding hydrogens is 178 g/mol. The van der Waals surface area contributed by atoms with Crippen LogP contribution in [0.3, 0.4) is 0 Å². The van der Waals surface area contributed by atoms with E-state index in [0.717, 1.165) is 0 Å². The van der Waals surface area contributed by atoms with Crippen LogP contribution in [0.2, 0.25) is 0 Å². The second kappa shape index (κ2) is 5.49. The molecule has 1 aromatic heterocycles. The number of nitrogens with zero attached hydrogens (tertiary/aromatic N) is 3. The number of alkyl halides is 1. The minimum absolute atomic E-state index is 0.422. The quantitative estimate of drug-likeness (QED) is 0.527. The Labute approximate surface area is 75.0 Å². The molecule has 1 rings (SSSR count). The van der Waals surface area contributed by atoms with E-state index < -0.39 is 0 Å². The standard InChI is InChI=1S/C7H8ClN3O/c8-3-5-9-4-1-2-7-10-6-11-12-7/h1,4-6H,2-3H2/b4-1-,9-5?. The lowest BCUT2D eigenvalue weighted by Gasteiger charge is -1.81. The lowest BCUT2D eigenvalue weighted by atomic mass is 10.4. The molecule has 0 bridgehead atoms. The van der Waals surface area contributed by atoms with Crippen LogP contribution in [0.5, 0.6) is 0 Å². The van der Waals surface area contributed by atoms with Crippen molar-refractivity contribution in [3.63, 3.8) is 0 Å². The van der Waals surface area contributed by atoms with Gasteiger partial charge in [-0.2, -0.15) is 4.98 Å². The second-order valence-corrected chi connectivity index (χ2v) is 2.22. The zero-order valence-electron chi connectivity index (χ0n) is 6.35. The third-order valence-electron chi connectivity index (χ3n) is 1.07. The van der Waals surface area contributed by atoms with E-state index in [-0.39, 0.29) is 0 Å². The van der Waals surface area contributed by atoms with Gasteiger partial charge in [-0.25, -0.2) is 0 Å². The molecule has 0 aliphatic heterocycles. The number of halogens is 1. The molecule has 0 spiro atoms. The second-order valence-electron chi connectivity index (χ2n) is 1.91. The topological polar surface area (TPSA) is 51.3 Å². The Morgan fingerprint density at radius 2 is 2.58 bits per heavy atom. The fraction of sp³-hybridized carbons (Fsp3) is 0.286. The summed E-state index contributed by atoms with van der Waals surface area (Å²) in [7, 11) is 0. The van der Waals surface area contributed by atoms with E-state index in [9.17, 15) is 0 Å². The van der Waals surface area contributed by atoms with Crippen molar-refractivity contribution < 1.29 is 4.52 Å². The molecule has 0 atom stereocenters. The van der Waals surface area contributed by atoms with Crippen molar-refractivity contribution in [2.75, 3.05) is 5.88 Å². The van der Waals surface area contributed by atoms with Crippen LogP contribution in [0.25, 0.3) is 0 Å². The van der Waals surface area contributed by atoms with Gasteiger partial charge in [-0.3, -0.25) is 4.99 Å². The van der Waals surface area contributed by atoms with Crippen molar-refractivity contribution in [2.24, 2.45) is 4.99 Å². The summed E-state index contributed by atoms with van der Waals surface area (Å²) in [5.41, 5.74) is 0. The molecule has 0 aliphatic carbocycles. The van der Waals surface area contributed by atoms with Crippen molar-refractivity contribution in [1.82, 2.24) is 10.1 Å². The Kier molecular flexibility index (Phi) is 4.08. The summed E-state index contributed by atoms with van der Waals surface area (Å²) in [6.07, 6.45) is 7.03. The minimum atomic E-state index is 0.422. The Morgan fingerprint density at radius 1 is 1.67 bits per heavy atom. The highest BCUT2D eigenvalue weighted by atomic mass is 35.5. The van der Waals surface area contributed by atoms with Crippen LogP contribution in [0, 0.1) is 0 Å². The van der Waals surface area contributed by atoms with Gasteiger partial charge in [-0.15, -0.1) is 11.6 Å². The summed E-state index contributed by atoms with van der Waals surface area (Å²) in [5.74, 6) is 0.998. The first-order chi connectivity index (χ1) is 5.93. The van der Waals surface area contributed by atoms with E-state index in [2.05, 4.69) is 15.1 Å². The van der Waals surface area contributed by atoms with E-state index in [1.807, 2.05) is 6.08 Å². The monoisotopic (exact) mass is 185 g/mol. The van der Waals surface area contributed by atoms with Crippen molar-refractivity contribution in [1.29, 1.82) is 0 Å². The average Bonchev–Trinajstić information content (AvgIpc) is 2.57. The van der Waals surface area contributed by atoms with E-state index in [0.29, 0.717) is 18.2 Å². The molecule has 0 aliphatic rings. The summed E-state index contributed by atoms with van der Waals surface area (Å²) >= 11 is 5.36. The molecule has 0 N–H and O–H groups in total. The van der Waals surface area contributed by atoms with Crippen molar-refractivity contribution in [3.05, 3.63) is 24.5 Å². The van der Waals surface area contributed by atoms with Gasteiger partial charge in [0.05, 0.1) is 5.88 Å². The Bertz CT molecular complexity index is 256. The van der Waals surface area contributed by atoms with Gasteiger partial charge < -0.3 is 4.52 Å². The smallest absolute Gasteiger partial charge is 0.230 e. The highest BCUT2D eigenvalue weighted by Crippen LogP contribution is 1.93. The van der Waals surface area contributed by atoms with Gasteiger partial charge in [-0.05, 0) is 0 Å². The molecule has 0 unspecified atom stereocenters. The van der Waals surface area contributed by atoms with Crippen LogP contribution in [0.1, 0.15) is 5.89 Å². The highest BCUT2D eigenvalue weighted by molar-refractivity contribution is 6.24. The number of hydrogen-bond donors (Lipinski definition) is 0. The van der Waals surface area contributed by atoms with Gasteiger partial charge >= 0.3 is 0 Å². The van der Waals surface area contributed by atoms with E-state index >= 15 is 0 Å². The summed E-state index contributed by atoms with van der Waals surface area (Å²) in [5, 5.41) is 3.46. The first-order valence-corrected chi connectivity index (χ1v) is 3.95. The molecular formula is C7H8ClN3O. The van der Waals surface area contributed by atoms with Gasteiger partial charge in [0.25, 0.3) is 0 Å². The van der Waals surface area contributed by atoms with Crippen LogP contribution in [-0.4, -0.2) is 22.2 Å². The Morgan fingerprint density at radius 3 is 3.25 bits per heavy atom. The first-order valence-electron chi connectivity index (χ1n) is 3.41. The number of rotatable bonds is 4. The zero-order chi connectivity index (χ0) is 8.65. The molecule has 1 aromatic rings. The third-order valence-corrected chi connectivity index (χ3v) is 1.20. The van der Waals surface area contributed by atoms with Gasteiger partial charge in [0.15, 0.2) is 6.33 Å². The molecule has 4 nitrogen and oxygen atoms in total. The molecule has 0 radical (unpaired) electrons. The van der Waals surface area contributed by atoms with E-state index in [4.69, 9.17) is 16.1 Å². The van der Waals surface area contributed by atoms with E-state index in [1.165, 1.54) is 6.33 Å². The molecule has 0 fully saturated rings. The summed E-state index contributed by atoms with van der Waals surface area (Å²) in [4.78, 5) is 7.69. The maximum atomic E-state index is 5.36. The molecule has 5 heteroatoms. The first kappa shape index (κ1) is 8.93. The Hall–Kier alpha value is -1.16. The summed E-state index contributed by atoms with van der Waals surface area (Å²) < 4.78 is 4.75. The Balaban J connectivity index is 2.26. The van der Waals surface area contributed by atoms with Crippen molar-refractivity contribution >= 4 is 17.8 Å². The fourth-order valence-electron chi connectivity index (χ4n) is 0.601. The van der Waals surface area contributed by atoms with Crippen LogP contribution in [-0.2, 0) is 6.42 Å². The van der Waals surface area contributed by atoms with Crippen LogP contribution in [0.4, 0.5) is 0 Å². The molecule has 0 amide bonds. The number of aliphatic imine (C=N–C) groups is 1. The third kappa shape index (κ3) is 3.30. The van der Waals surface area contributed by atoms with Crippen LogP contribution >= 0.6 is 11.6 Å². The van der Waals surface area contributed by atoms with Crippen molar-refractivity contribution in [2.45, 2.75) is 6.42 Å². The molecule has 12 heavy (non-hydrogen) atoms. The summed E-state index contributed by atoms with van der Waals surface area (Å²) in [6, 6.07) is 0. The molecule has 1 heterocycles. The van der Waals surface area contributed by atoms with Gasteiger partial charge in [0, 0.05) is 18.8 Å². The lowest BCUT2D eigenvalue weighted by molar-refractivity contribution is 0.385. The van der Waals surface area contributed by atoms with Gasteiger partial charge in [-0.1, -0.05) is 11.2 Å². The van der Waals surface area contributed by atoms with E-state index in [1.54, 1.807) is 12.4 Å². The number of hydrogen-bond acceptors (Lipinski definition) is 4. The maximum Gasteiger partial charge on any atom is 0.230 e. The van der Waals surface area contributed by atoms with Crippen LogP contribution < -0.4 is 0 Å². The normalized spacial score (nSPS) is 11.8. The van der Waals surface area contributed by atoms with Gasteiger partial charge in [0.2, 0.25) is 5.89 Å². The largest absolute Gasteiger partial charge is 0.339 e. The van der Waals surface area contributed by atoms with Crippen molar-refractivity contribution in [3.8, 4) is 0 Å². The fourth-order valence-corrected chi connectivity index (χ4v) is 0.681. The predicted molar refractivity (Wildman–Crippen MR) is 46.4 cm³/mol. The highest BCUT2D eigenvalue weighted by Gasteiger charge is 1.91. The SMILES string of the molecule is ClCC=N/C=C\Cc1ncno1. The lowest BCUT2D eigenvalue weighted by Crippen LogP contribution is -1.78.